The highest BCUT2D eigenvalue weighted by Crippen LogP contribution is 2.35. The number of anilines is 2. The van der Waals surface area contributed by atoms with Crippen molar-refractivity contribution in [3.05, 3.63) is 86.9 Å². The Kier molecular flexibility index (Phi) is 7.73. The van der Waals surface area contributed by atoms with Crippen molar-refractivity contribution in [2.45, 2.75) is 6.18 Å². The lowest BCUT2D eigenvalue weighted by atomic mass is 10.1. The molecule has 0 aliphatic rings. The van der Waals surface area contributed by atoms with Crippen molar-refractivity contribution in [1.29, 1.82) is 0 Å². The summed E-state index contributed by atoms with van der Waals surface area (Å²) in [5.41, 5.74) is -0.892. The van der Waals surface area contributed by atoms with Crippen LogP contribution in [0.1, 0.15) is 15.9 Å². The molecular formula is C22H14Cl3F3N2O3. The number of nitrogens with one attached hydrogen (secondary N) is 2. The van der Waals surface area contributed by atoms with Crippen LogP contribution in [0.25, 0.3) is 0 Å². The third-order valence-corrected chi connectivity index (χ3v) is 5.05. The summed E-state index contributed by atoms with van der Waals surface area (Å²) in [5.74, 6) is -1.05. The highest BCUT2D eigenvalue weighted by atomic mass is 35.5. The zero-order chi connectivity index (χ0) is 24.2. The molecule has 3 aromatic rings. The molecule has 0 atom stereocenters. The molecule has 172 valence electrons. The predicted molar refractivity (Wildman–Crippen MR) is 121 cm³/mol. The number of carbonyl (C=O) groups is 2. The number of rotatable bonds is 6. The van der Waals surface area contributed by atoms with Crippen LogP contribution in [0.15, 0.2) is 60.7 Å². The minimum Gasteiger partial charge on any atom is -0.484 e. The second kappa shape index (κ2) is 10.3. The third kappa shape index (κ3) is 6.54. The lowest BCUT2D eigenvalue weighted by molar-refractivity contribution is -0.137. The Bertz CT molecular complexity index is 1160. The number of halogens is 6. The molecule has 2 N–H and O–H groups in total. The number of amides is 2. The van der Waals surface area contributed by atoms with Gasteiger partial charge in [-0.25, -0.2) is 0 Å². The van der Waals surface area contributed by atoms with E-state index in [0.29, 0.717) is 5.02 Å². The van der Waals surface area contributed by atoms with E-state index in [0.717, 1.165) is 12.1 Å². The smallest absolute Gasteiger partial charge is 0.418 e. The molecule has 0 fully saturated rings. The first-order chi connectivity index (χ1) is 15.5. The van der Waals surface area contributed by atoms with Gasteiger partial charge in [0.05, 0.1) is 27.0 Å². The summed E-state index contributed by atoms with van der Waals surface area (Å²) >= 11 is 17.9. The molecule has 0 unspecified atom stereocenters. The molecule has 0 bridgehead atoms. The summed E-state index contributed by atoms with van der Waals surface area (Å²) < 4.78 is 44.3. The fraction of sp³-hybridized carbons (Fsp3) is 0.0909. The first-order valence-electron chi connectivity index (χ1n) is 9.19. The van der Waals surface area contributed by atoms with Crippen LogP contribution in [0.2, 0.25) is 15.1 Å². The number of hydrogen-bond acceptors (Lipinski definition) is 3. The number of ether oxygens (including phenoxy) is 1. The van der Waals surface area contributed by atoms with Crippen LogP contribution in [-0.2, 0) is 11.0 Å². The summed E-state index contributed by atoms with van der Waals surface area (Å²) in [5, 5.41) is 5.40. The van der Waals surface area contributed by atoms with Crippen molar-refractivity contribution in [1.82, 2.24) is 0 Å². The van der Waals surface area contributed by atoms with Crippen LogP contribution >= 0.6 is 34.8 Å². The van der Waals surface area contributed by atoms with E-state index in [-0.39, 0.29) is 32.7 Å². The van der Waals surface area contributed by atoms with Crippen LogP contribution in [0.5, 0.6) is 5.75 Å². The molecule has 5 nitrogen and oxygen atoms in total. The van der Waals surface area contributed by atoms with Gasteiger partial charge in [-0.3, -0.25) is 9.59 Å². The van der Waals surface area contributed by atoms with Crippen LogP contribution in [-0.4, -0.2) is 18.4 Å². The Balaban J connectivity index is 1.59. The maximum atomic E-state index is 13.0. The van der Waals surface area contributed by atoms with Gasteiger partial charge in [-0.1, -0.05) is 46.9 Å². The van der Waals surface area contributed by atoms with E-state index < -0.39 is 30.2 Å². The van der Waals surface area contributed by atoms with Crippen molar-refractivity contribution >= 4 is 58.0 Å². The van der Waals surface area contributed by atoms with E-state index in [1.165, 1.54) is 48.5 Å². The Hall–Kier alpha value is -2.94. The summed E-state index contributed by atoms with van der Waals surface area (Å²) in [6.07, 6.45) is -4.61. The van der Waals surface area contributed by atoms with E-state index in [4.69, 9.17) is 39.5 Å². The first kappa shape index (κ1) is 24.7. The SMILES string of the molecule is O=C(COc1ccc(C(=O)Nc2c(Cl)cc(Cl)cc2Cl)cc1)Nc1ccccc1C(F)(F)F. The van der Waals surface area contributed by atoms with Crippen LogP contribution < -0.4 is 15.4 Å². The fourth-order valence-electron chi connectivity index (χ4n) is 2.72. The Labute approximate surface area is 201 Å². The summed E-state index contributed by atoms with van der Waals surface area (Å²) in [6.45, 7) is -0.534. The van der Waals surface area contributed by atoms with Crippen molar-refractivity contribution in [2.75, 3.05) is 17.2 Å². The van der Waals surface area contributed by atoms with Crippen molar-refractivity contribution in [3.63, 3.8) is 0 Å². The van der Waals surface area contributed by atoms with Crippen molar-refractivity contribution < 1.29 is 27.5 Å². The van der Waals surface area contributed by atoms with Gasteiger partial charge in [0.2, 0.25) is 0 Å². The standard InChI is InChI=1S/C22H14Cl3F3N2O3/c23-13-9-16(24)20(17(25)10-13)30-21(32)12-5-7-14(8-6-12)33-11-19(31)29-18-4-2-1-3-15(18)22(26,27)28/h1-10H,11H2,(H,29,31)(H,30,32). The van der Waals surface area contributed by atoms with Gasteiger partial charge in [-0.05, 0) is 48.5 Å². The molecule has 0 aliphatic carbocycles. The normalized spacial score (nSPS) is 11.1. The van der Waals surface area contributed by atoms with Crippen molar-refractivity contribution in [3.8, 4) is 5.75 Å². The highest BCUT2D eigenvalue weighted by Gasteiger charge is 2.33. The van der Waals surface area contributed by atoms with E-state index in [1.54, 1.807) is 0 Å². The van der Waals surface area contributed by atoms with Gasteiger partial charge >= 0.3 is 6.18 Å². The average Bonchev–Trinajstić information content (AvgIpc) is 2.74. The molecule has 0 spiro atoms. The first-order valence-corrected chi connectivity index (χ1v) is 10.3. The molecule has 3 rings (SSSR count). The molecule has 0 saturated heterocycles. The van der Waals surface area contributed by atoms with Crippen LogP contribution in [0, 0.1) is 0 Å². The second-order valence-corrected chi connectivity index (χ2v) is 7.85. The van der Waals surface area contributed by atoms with Gasteiger partial charge in [0.15, 0.2) is 6.61 Å². The molecule has 0 aliphatic heterocycles. The number of para-hydroxylation sites is 1. The molecule has 11 heteroatoms. The van der Waals surface area contributed by atoms with Crippen molar-refractivity contribution in [2.24, 2.45) is 0 Å². The second-order valence-electron chi connectivity index (χ2n) is 6.60. The topological polar surface area (TPSA) is 67.4 Å². The van der Waals surface area contributed by atoms with Gasteiger partial charge in [-0.15, -0.1) is 0 Å². The monoisotopic (exact) mass is 516 g/mol. The van der Waals surface area contributed by atoms with Gasteiger partial charge < -0.3 is 15.4 Å². The number of alkyl halides is 3. The summed E-state index contributed by atoms with van der Waals surface area (Å²) in [7, 11) is 0. The number of benzene rings is 3. The lowest BCUT2D eigenvalue weighted by Crippen LogP contribution is -2.22. The summed E-state index contributed by atoms with van der Waals surface area (Å²) in [6, 6.07) is 13.2. The zero-order valence-electron chi connectivity index (χ0n) is 16.5. The predicted octanol–water partition coefficient (Wildman–Crippen LogP) is 6.94. The van der Waals surface area contributed by atoms with Gasteiger partial charge in [0.1, 0.15) is 5.75 Å². The van der Waals surface area contributed by atoms with Gasteiger partial charge in [0, 0.05) is 10.6 Å². The largest absolute Gasteiger partial charge is 0.484 e. The molecule has 0 aromatic heterocycles. The highest BCUT2D eigenvalue weighted by molar-refractivity contribution is 6.42. The molecule has 0 radical (unpaired) electrons. The minimum atomic E-state index is -4.61. The maximum absolute atomic E-state index is 13.0. The number of carbonyl (C=O) groups excluding carboxylic acids is 2. The molecular weight excluding hydrogens is 504 g/mol. The van der Waals surface area contributed by atoms with Crippen LogP contribution in [0.4, 0.5) is 24.5 Å². The molecule has 3 aromatic carbocycles. The summed E-state index contributed by atoms with van der Waals surface area (Å²) in [4.78, 5) is 24.5. The van der Waals surface area contributed by atoms with Crippen LogP contribution in [0.3, 0.4) is 0 Å². The number of hydrogen-bond donors (Lipinski definition) is 2. The van der Waals surface area contributed by atoms with E-state index in [9.17, 15) is 22.8 Å². The Morgan fingerprint density at radius 3 is 2.09 bits per heavy atom. The minimum absolute atomic E-state index is 0.166. The van der Waals surface area contributed by atoms with Gasteiger partial charge in [0.25, 0.3) is 11.8 Å². The quantitative estimate of drug-likeness (QED) is 0.372. The molecule has 2 amide bonds. The van der Waals surface area contributed by atoms with E-state index >= 15 is 0 Å². The fourth-order valence-corrected chi connectivity index (χ4v) is 3.64. The molecule has 0 saturated carbocycles. The van der Waals surface area contributed by atoms with Gasteiger partial charge in [-0.2, -0.15) is 13.2 Å². The van der Waals surface area contributed by atoms with E-state index in [2.05, 4.69) is 10.6 Å². The average molecular weight is 518 g/mol. The lowest BCUT2D eigenvalue weighted by Gasteiger charge is -2.14. The Morgan fingerprint density at radius 1 is 0.879 bits per heavy atom. The molecule has 33 heavy (non-hydrogen) atoms. The zero-order valence-corrected chi connectivity index (χ0v) is 18.7. The van der Waals surface area contributed by atoms with E-state index in [1.807, 2.05) is 0 Å². The maximum Gasteiger partial charge on any atom is 0.418 e. The third-order valence-electron chi connectivity index (χ3n) is 4.24. The molecule has 0 heterocycles. The Morgan fingerprint density at radius 2 is 1.48 bits per heavy atom.